The van der Waals surface area contributed by atoms with Crippen molar-refractivity contribution in [1.82, 2.24) is 19.6 Å². The monoisotopic (exact) mass is 725 g/mol. The van der Waals surface area contributed by atoms with Gasteiger partial charge < -0.3 is 14.6 Å². The number of halogens is 2. The van der Waals surface area contributed by atoms with E-state index in [1.165, 1.54) is 12.1 Å². The van der Waals surface area contributed by atoms with Crippen molar-refractivity contribution in [3.05, 3.63) is 154 Å². The number of hydrogen-bond acceptors (Lipinski definition) is 8. The molecule has 0 amide bonds. The van der Waals surface area contributed by atoms with Gasteiger partial charge in [0.15, 0.2) is 17.4 Å². The SMILES string of the molecule is Cc1nn(-c2ccccc2)c(COc2c(F)cc(CCCO)cc2F)c1C#N.Cc1nn(-c2ccccc2)c(COc2ccc(CCC#N)cc2)c1C#N. The van der Waals surface area contributed by atoms with Gasteiger partial charge in [0.2, 0.25) is 0 Å². The summed E-state index contributed by atoms with van der Waals surface area (Å²) in [6, 6.07) is 35.3. The Labute approximate surface area is 312 Å². The van der Waals surface area contributed by atoms with Crippen molar-refractivity contribution in [1.29, 1.82) is 15.8 Å². The molecule has 0 atom stereocenters. The Hall–Kier alpha value is -6.81. The van der Waals surface area contributed by atoms with Crippen LogP contribution in [0, 0.1) is 59.5 Å². The van der Waals surface area contributed by atoms with Crippen LogP contribution in [-0.4, -0.2) is 31.3 Å². The van der Waals surface area contributed by atoms with E-state index in [4.69, 9.17) is 19.8 Å². The van der Waals surface area contributed by atoms with E-state index < -0.39 is 17.4 Å². The fourth-order valence-electron chi connectivity index (χ4n) is 5.70. The summed E-state index contributed by atoms with van der Waals surface area (Å²) in [6.45, 7) is 3.49. The summed E-state index contributed by atoms with van der Waals surface area (Å²) in [5.74, 6) is -1.44. The fraction of sp³-hybridized carbons (Fsp3) is 0.214. The van der Waals surface area contributed by atoms with Crippen LogP contribution in [0.4, 0.5) is 8.78 Å². The predicted molar refractivity (Wildman–Crippen MR) is 197 cm³/mol. The molecule has 2 aromatic heterocycles. The largest absolute Gasteiger partial charge is 0.487 e. The fourth-order valence-corrected chi connectivity index (χ4v) is 5.70. The minimum atomic E-state index is -0.825. The van der Waals surface area contributed by atoms with E-state index in [1.807, 2.05) is 91.9 Å². The van der Waals surface area contributed by atoms with Gasteiger partial charge in [0.1, 0.15) is 42.2 Å². The van der Waals surface area contributed by atoms with Gasteiger partial charge in [-0.3, -0.25) is 0 Å². The summed E-state index contributed by atoms with van der Waals surface area (Å²) < 4.78 is 43.3. The molecule has 0 spiro atoms. The molecule has 0 radical (unpaired) electrons. The molecule has 0 saturated carbocycles. The maximum Gasteiger partial charge on any atom is 0.191 e. The summed E-state index contributed by atoms with van der Waals surface area (Å²) in [5.41, 5.74) is 6.32. The summed E-state index contributed by atoms with van der Waals surface area (Å²) in [5, 5.41) is 45.3. The van der Waals surface area contributed by atoms with Crippen LogP contribution < -0.4 is 9.47 Å². The van der Waals surface area contributed by atoms with Gasteiger partial charge in [0.05, 0.1) is 40.2 Å². The molecule has 0 unspecified atom stereocenters. The van der Waals surface area contributed by atoms with Crippen LogP contribution in [0.3, 0.4) is 0 Å². The van der Waals surface area contributed by atoms with Crippen LogP contribution in [0.5, 0.6) is 11.5 Å². The minimum absolute atomic E-state index is 0.0543. The highest BCUT2D eigenvalue weighted by atomic mass is 19.1. The molecule has 0 bridgehead atoms. The number of aliphatic hydroxyl groups excluding tert-OH is 1. The number of nitriles is 3. The molecule has 0 aliphatic heterocycles. The number of para-hydroxylation sites is 2. The molecule has 6 aromatic rings. The Morgan fingerprint density at radius 2 is 1.17 bits per heavy atom. The zero-order valence-electron chi connectivity index (χ0n) is 29.8. The second kappa shape index (κ2) is 18.6. The Morgan fingerprint density at radius 1 is 0.667 bits per heavy atom. The molecule has 54 heavy (non-hydrogen) atoms. The molecule has 1 N–H and O–H groups in total. The molecule has 10 nitrogen and oxygen atoms in total. The highest BCUT2D eigenvalue weighted by Gasteiger charge is 2.20. The Balaban J connectivity index is 0.000000208. The van der Waals surface area contributed by atoms with E-state index >= 15 is 0 Å². The van der Waals surface area contributed by atoms with Crippen molar-refractivity contribution in [2.75, 3.05) is 6.61 Å². The number of aromatic nitrogens is 4. The zero-order valence-corrected chi connectivity index (χ0v) is 29.8. The quantitative estimate of drug-likeness (QED) is 0.126. The van der Waals surface area contributed by atoms with Gasteiger partial charge in [-0.05, 0) is 92.8 Å². The third kappa shape index (κ3) is 9.34. The second-order valence-electron chi connectivity index (χ2n) is 12.1. The lowest BCUT2D eigenvalue weighted by Gasteiger charge is -2.12. The van der Waals surface area contributed by atoms with Crippen molar-refractivity contribution in [2.24, 2.45) is 0 Å². The molecular formula is C42H37F2N7O3. The van der Waals surface area contributed by atoms with Gasteiger partial charge in [-0.2, -0.15) is 26.0 Å². The topological polar surface area (TPSA) is 146 Å². The molecule has 6 rings (SSSR count). The Morgan fingerprint density at radius 3 is 1.63 bits per heavy atom. The average Bonchev–Trinajstić information content (AvgIpc) is 3.70. The van der Waals surface area contributed by atoms with Crippen LogP contribution in [-0.2, 0) is 26.1 Å². The number of aryl methyl sites for hydroxylation is 4. The lowest BCUT2D eigenvalue weighted by atomic mass is 10.1. The molecule has 0 aliphatic carbocycles. The van der Waals surface area contributed by atoms with Gasteiger partial charge in [-0.25, -0.2) is 18.1 Å². The first-order valence-electron chi connectivity index (χ1n) is 17.2. The van der Waals surface area contributed by atoms with Crippen LogP contribution >= 0.6 is 0 Å². The van der Waals surface area contributed by atoms with E-state index in [9.17, 15) is 19.3 Å². The first kappa shape index (κ1) is 38.4. The first-order chi connectivity index (χ1) is 26.3. The van der Waals surface area contributed by atoms with Crippen LogP contribution in [0.15, 0.2) is 97.1 Å². The van der Waals surface area contributed by atoms with E-state index in [0.717, 1.165) is 23.4 Å². The maximum atomic E-state index is 14.3. The predicted octanol–water partition coefficient (Wildman–Crippen LogP) is 7.92. The maximum absolute atomic E-state index is 14.3. The summed E-state index contributed by atoms with van der Waals surface area (Å²) in [4.78, 5) is 0. The van der Waals surface area contributed by atoms with Crippen molar-refractivity contribution >= 4 is 0 Å². The summed E-state index contributed by atoms with van der Waals surface area (Å²) in [7, 11) is 0. The number of benzene rings is 4. The number of aliphatic hydroxyl groups is 1. The van der Waals surface area contributed by atoms with E-state index in [2.05, 4.69) is 28.4 Å². The molecular weight excluding hydrogens is 689 g/mol. The molecule has 272 valence electrons. The van der Waals surface area contributed by atoms with Gasteiger partial charge >= 0.3 is 0 Å². The lowest BCUT2D eigenvalue weighted by Crippen LogP contribution is -2.08. The standard InChI is InChI=1S/C21H19F2N3O2.C21H18N4O/c1-14-17(12-24)20(26(25-14)16-7-3-2-4-8-16)13-28-21-18(22)10-15(6-5-9-27)11-19(21)23;1-16-20(14-23)21(25(24-16)18-7-3-2-4-8-18)15-26-19-11-9-17(10-12-19)6-5-13-22/h2-4,7-8,10-11,27H,5-6,9,13H2,1H3;2-4,7-12H,5-6,15H2,1H3. The Bertz CT molecular complexity index is 2280. The molecule has 4 aromatic carbocycles. The number of rotatable bonds is 13. The van der Waals surface area contributed by atoms with E-state index in [1.54, 1.807) is 16.3 Å². The van der Waals surface area contributed by atoms with Gasteiger partial charge in [-0.15, -0.1) is 0 Å². The number of hydrogen-bond donors (Lipinski definition) is 1. The lowest BCUT2D eigenvalue weighted by molar-refractivity contribution is 0.266. The second-order valence-corrected chi connectivity index (χ2v) is 12.1. The summed E-state index contributed by atoms with van der Waals surface area (Å²) in [6.07, 6.45) is 2.01. The highest BCUT2D eigenvalue weighted by Crippen LogP contribution is 2.27. The van der Waals surface area contributed by atoms with Crippen molar-refractivity contribution in [2.45, 2.75) is 52.7 Å². The number of nitrogens with zero attached hydrogens (tertiary/aromatic N) is 7. The first-order valence-corrected chi connectivity index (χ1v) is 17.2. The normalized spacial score (nSPS) is 10.4. The van der Waals surface area contributed by atoms with E-state index in [0.29, 0.717) is 64.5 Å². The molecule has 2 heterocycles. The average molecular weight is 726 g/mol. The van der Waals surface area contributed by atoms with Crippen molar-refractivity contribution < 1.29 is 23.4 Å². The van der Waals surface area contributed by atoms with Gasteiger partial charge in [0.25, 0.3) is 0 Å². The number of ether oxygens (including phenoxy) is 2. The van der Waals surface area contributed by atoms with Crippen molar-refractivity contribution in [3.63, 3.8) is 0 Å². The van der Waals surface area contributed by atoms with Crippen LogP contribution in [0.2, 0.25) is 0 Å². The van der Waals surface area contributed by atoms with Crippen molar-refractivity contribution in [3.8, 4) is 41.1 Å². The van der Waals surface area contributed by atoms with E-state index in [-0.39, 0.29) is 19.8 Å². The van der Waals surface area contributed by atoms with Gasteiger partial charge in [-0.1, -0.05) is 48.5 Å². The molecule has 12 heteroatoms. The van der Waals surface area contributed by atoms with Gasteiger partial charge in [0, 0.05) is 13.0 Å². The molecule has 0 aliphatic rings. The molecule has 0 fully saturated rings. The summed E-state index contributed by atoms with van der Waals surface area (Å²) >= 11 is 0. The highest BCUT2D eigenvalue weighted by molar-refractivity contribution is 5.45. The Kier molecular flexibility index (Phi) is 13.2. The zero-order chi connectivity index (χ0) is 38.5. The molecule has 0 saturated heterocycles. The minimum Gasteiger partial charge on any atom is -0.487 e. The van der Waals surface area contributed by atoms with Crippen LogP contribution in [0.1, 0.15) is 57.9 Å². The van der Waals surface area contributed by atoms with Crippen LogP contribution in [0.25, 0.3) is 11.4 Å². The third-order valence-corrected chi connectivity index (χ3v) is 8.40. The third-order valence-electron chi connectivity index (χ3n) is 8.40. The smallest absolute Gasteiger partial charge is 0.191 e.